The third-order valence-electron chi connectivity index (χ3n) is 4.30. The van der Waals surface area contributed by atoms with Gasteiger partial charge in [-0.2, -0.15) is 0 Å². The van der Waals surface area contributed by atoms with E-state index in [0.717, 1.165) is 6.42 Å². The van der Waals surface area contributed by atoms with Gasteiger partial charge in [-0.3, -0.25) is 0 Å². The number of aromatic nitrogens is 1. The van der Waals surface area contributed by atoms with Gasteiger partial charge in [0.05, 0.1) is 0 Å². The van der Waals surface area contributed by atoms with Gasteiger partial charge in [0.2, 0.25) is 0 Å². The van der Waals surface area contributed by atoms with Crippen LogP contribution in [-0.2, 0) is 0 Å². The standard InChI is InChI=1S/C17H23N2/c1-2-3-10-19-11-8-14(9-12-19)17-13-15-6-4-5-7-16(15)18-17/h4-7,13-14,18H,1-3,8-12H2. The monoisotopic (exact) mass is 255 g/mol. The van der Waals surface area contributed by atoms with Gasteiger partial charge >= 0.3 is 0 Å². The van der Waals surface area contributed by atoms with Crippen LogP contribution in [0.2, 0.25) is 0 Å². The molecule has 19 heavy (non-hydrogen) atoms. The molecule has 1 aliphatic heterocycles. The van der Waals surface area contributed by atoms with E-state index < -0.39 is 0 Å². The Balaban J connectivity index is 1.64. The van der Waals surface area contributed by atoms with Gasteiger partial charge in [-0.15, -0.1) is 0 Å². The largest absolute Gasteiger partial charge is 0.358 e. The third-order valence-corrected chi connectivity index (χ3v) is 4.30. The molecule has 1 fully saturated rings. The van der Waals surface area contributed by atoms with Gasteiger partial charge in [0, 0.05) is 17.1 Å². The van der Waals surface area contributed by atoms with Crippen molar-refractivity contribution >= 4 is 10.9 Å². The average molecular weight is 255 g/mol. The fourth-order valence-corrected chi connectivity index (χ4v) is 3.12. The van der Waals surface area contributed by atoms with Crippen molar-refractivity contribution < 1.29 is 0 Å². The smallest absolute Gasteiger partial charge is 0.0456 e. The van der Waals surface area contributed by atoms with Crippen molar-refractivity contribution in [1.82, 2.24) is 9.88 Å². The highest BCUT2D eigenvalue weighted by Crippen LogP contribution is 2.29. The summed E-state index contributed by atoms with van der Waals surface area (Å²) in [5, 5.41) is 1.34. The van der Waals surface area contributed by atoms with Gasteiger partial charge in [0.15, 0.2) is 0 Å². The van der Waals surface area contributed by atoms with E-state index in [2.05, 4.69) is 47.1 Å². The van der Waals surface area contributed by atoms with E-state index in [1.165, 1.54) is 55.5 Å². The first-order chi connectivity index (χ1) is 9.36. The van der Waals surface area contributed by atoms with Crippen LogP contribution < -0.4 is 0 Å². The van der Waals surface area contributed by atoms with E-state index in [4.69, 9.17) is 0 Å². The Hall–Kier alpha value is -1.28. The molecule has 1 aromatic heterocycles. The molecule has 1 N–H and O–H groups in total. The summed E-state index contributed by atoms with van der Waals surface area (Å²) in [6.45, 7) is 7.62. The van der Waals surface area contributed by atoms with Crippen molar-refractivity contribution in [2.45, 2.75) is 31.6 Å². The number of benzene rings is 1. The van der Waals surface area contributed by atoms with Crippen molar-refractivity contribution in [2.75, 3.05) is 19.6 Å². The summed E-state index contributed by atoms with van der Waals surface area (Å²) in [7, 11) is 0. The highest BCUT2D eigenvalue weighted by Gasteiger charge is 2.21. The van der Waals surface area contributed by atoms with Gasteiger partial charge in [0.1, 0.15) is 0 Å². The number of H-pyrrole nitrogens is 1. The number of hydrogen-bond acceptors (Lipinski definition) is 1. The molecule has 0 amide bonds. The Morgan fingerprint density at radius 3 is 2.74 bits per heavy atom. The Morgan fingerprint density at radius 2 is 2.00 bits per heavy atom. The maximum absolute atomic E-state index is 3.93. The quantitative estimate of drug-likeness (QED) is 0.876. The molecule has 0 saturated carbocycles. The zero-order valence-electron chi connectivity index (χ0n) is 11.6. The number of likely N-dealkylation sites (tertiary alicyclic amines) is 1. The summed E-state index contributed by atoms with van der Waals surface area (Å²) in [4.78, 5) is 6.18. The number of piperidine rings is 1. The van der Waals surface area contributed by atoms with Gasteiger partial charge in [-0.1, -0.05) is 31.5 Å². The Labute approximate surface area is 115 Å². The van der Waals surface area contributed by atoms with Crippen molar-refractivity contribution in [2.24, 2.45) is 0 Å². The zero-order valence-corrected chi connectivity index (χ0v) is 11.6. The van der Waals surface area contributed by atoms with Gasteiger partial charge in [-0.25, -0.2) is 0 Å². The minimum Gasteiger partial charge on any atom is -0.358 e. The molecule has 0 aliphatic carbocycles. The van der Waals surface area contributed by atoms with Crippen LogP contribution in [0.1, 0.15) is 37.3 Å². The summed E-state index contributed by atoms with van der Waals surface area (Å²) < 4.78 is 0. The van der Waals surface area contributed by atoms with Crippen LogP contribution in [0.25, 0.3) is 10.9 Å². The Kier molecular flexibility index (Phi) is 3.88. The molecule has 1 aliphatic rings. The van der Waals surface area contributed by atoms with Gasteiger partial charge in [-0.05, 0) is 56.4 Å². The summed E-state index contributed by atoms with van der Waals surface area (Å²) in [5.41, 5.74) is 2.70. The Morgan fingerprint density at radius 1 is 1.21 bits per heavy atom. The number of para-hydroxylation sites is 1. The third kappa shape index (κ3) is 2.84. The van der Waals surface area contributed by atoms with Crippen molar-refractivity contribution in [3.8, 4) is 0 Å². The lowest BCUT2D eigenvalue weighted by Crippen LogP contribution is -2.33. The molecular formula is C17H23N2. The minimum atomic E-state index is 0.711. The molecule has 3 rings (SSSR count). The summed E-state index contributed by atoms with van der Waals surface area (Å²) in [6.07, 6.45) is 4.85. The SMILES string of the molecule is [CH2]CCCN1CCC(c2cc3ccccc3[nH]2)CC1. The van der Waals surface area contributed by atoms with E-state index in [1.807, 2.05) is 0 Å². The number of unbranched alkanes of at least 4 members (excludes halogenated alkanes) is 1. The van der Waals surface area contributed by atoms with Gasteiger partial charge in [0.25, 0.3) is 0 Å². The van der Waals surface area contributed by atoms with Crippen LogP contribution in [0.5, 0.6) is 0 Å². The fraction of sp³-hybridized carbons (Fsp3) is 0.471. The first kappa shape index (κ1) is 12.7. The summed E-state index contributed by atoms with van der Waals surface area (Å²) >= 11 is 0. The molecule has 101 valence electrons. The second-order valence-electron chi connectivity index (χ2n) is 5.63. The lowest BCUT2D eigenvalue weighted by molar-refractivity contribution is 0.209. The molecule has 2 heterocycles. The van der Waals surface area contributed by atoms with E-state index in [9.17, 15) is 0 Å². The first-order valence-electron chi connectivity index (χ1n) is 7.46. The maximum Gasteiger partial charge on any atom is 0.0456 e. The minimum absolute atomic E-state index is 0.711. The first-order valence-corrected chi connectivity index (χ1v) is 7.46. The summed E-state index contributed by atoms with van der Waals surface area (Å²) in [5.74, 6) is 0.711. The topological polar surface area (TPSA) is 19.0 Å². The lowest BCUT2D eigenvalue weighted by Gasteiger charge is -2.31. The van der Waals surface area contributed by atoms with Crippen LogP contribution in [0, 0.1) is 6.92 Å². The maximum atomic E-state index is 3.93. The number of fused-ring (bicyclic) bond motifs is 1. The number of aromatic amines is 1. The van der Waals surface area contributed by atoms with Crippen LogP contribution in [-0.4, -0.2) is 29.5 Å². The normalized spacial score (nSPS) is 18.2. The molecule has 1 radical (unpaired) electrons. The number of nitrogens with zero attached hydrogens (tertiary/aromatic N) is 1. The molecule has 0 spiro atoms. The van der Waals surface area contributed by atoms with Crippen molar-refractivity contribution in [3.05, 3.63) is 42.9 Å². The number of rotatable bonds is 4. The predicted molar refractivity (Wildman–Crippen MR) is 81.3 cm³/mol. The van der Waals surface area contributed by atoms with Crippen LogP contribution in [0.4, 0.5) is 0 Å². The molecule has 2 heteroatoms. The van der Waals surface area contributed by atoms with Crippen molar-refractivity contribution in [1.29, 1.82) is 0 Å². The molecule has 1 aromatic carbocycles. The van der Waals surface area contributed by atoms with E-state index >= 15 is 0 Å². The van der Waals surface area contributed by atoms with Crippen LogP contribution in [0.3, 0.4) is 0 Å². The second kappa shape index (κ2) is 5.79. The number of hydrogen-bond donors (Lipinski definition) is 1. The molecule has 0 atom stereocenters. The Bertz CT molecular complexity index is 488. The van der Waals surface area contributed by atoms with E-state index in [-0.39, 0.29) is 0 Å². The lowest BCUT2D eigenvalue weighted by atomic mass is 9.93. The summed E-state index contributed by atoms with van der Waals surface area (Å²) in [6, 6.07) is 10.9. The molecule has 0 bridgehead atoms. The van der Waals surface area contributed by atoms with E-state index in [0.29, 0.717) is 5.92 Å². The second-order valence-corrected chi connectivity index (χ2v) is 5.63. The predicted octanol–water partition coefficient (Wildman–Crippen LogP) is 3.96. The fourth-order valence-electron chi connectivity index (χ4n) is 3.12. The molecule has 0 unspecified atom stereocenters. The highest BCUT2D eigenvalue weighted by atomic mass is 15.1. The molecular weight excluding hydrogens is 232 g/mol. The average Bonchev–Trinajstić information content (AvgIpc) is 2.89. The zero-order chi connectivity index (χ0) is 13.1. The molecule has 1 saturated heterocycles. The van der Waals surface area contributed by atoms with Crippen molar-refractivity contribution in [3.63, 3.8) is 0 Å². The van der Waals surface area contributed by atoms with Crippen LogP contribution >= 0.6 is 0 Å². The van der Waals surface area contributed by atoms with E-state index in [1.54, 1.807) is 0 Å². The van der Waals surface area contributed by atoms with Crippen LogP contribution in [0.15, 0.2) is 30.3 Å². The molecule has 2 aromatic rings. The van der Waals surface area contributed by atoms with Gasteiger partial charge < -0.3 is 9.88 Å². The number of nitrogens with one attached hydrogen (secondary N) is 1. The molecule has 2 nitrogen and oxygen atoms in total. The highest BCUT2D eigenvalue weighted by molar-refractivity contribution is 5.80.